The molecule has 0 bridgehead atoms. The Bertz CT molecular complexity index is 1120. The van der Waals surface area contributed by atoms with Crippen LogP contribution in [-0.4, -0.2) is 72.3 Å². The minimum absolute atomic E-state index is 0.0698. The molecule has 3 aliphatic rings. The molecule has 1 atom stereocenters. The van der Waals surface area contributed by atoms with E-state index in [9.17, 15) is 10.1 Å². The Hall–Kier alpha value is -2.86. The summed E-state index contributed by atoms with van der Waals surface area (Å²) in [5, 5.41) is 12.8. The van der Waals surface area contributed by atoms with Crippen molar-refractivity contribution in [3.63, 3.8) is 0 Å². The van der Waals surface area contributed by atoms with Crippen molar-refractivity contribution >= 4 is 11.7 Å². The van der Waals surface area contributed by atoms with E-state index in [0.717, 1.165) is 82.2 Å². The van der Waals surface area contributed by atoms with Crippen LogP contribution in [0.25, 0.3) is 0 Å². The summed E-state index contributed by atoms with van der Waals surface area (Å²) < 4.78 is 13.5. The quantitative estimate of drug-likeness (QED) is 0.660. The first kappa shape index (κ1) is 23.9. The maximum atomic E-state index is 13.0. The molecule has 3 aliphatic heterocycles. The van der Waals surface area contributed by atoms with E-state index in [1.807, 2.05) is 13.8 Å². The van der Waals surface area contributed by atoms with Crippen molar-refractivity contribution in [3.05, 3.63) is 46.1 Å². The van der Waals surface area contributed by atoms with E-state index in [4.69, 9.17) is 9.47 Å². The normalized spacial score (nSPS) is 20.4. The van der Waals surface area contributed by atoms with E-state index in [0.29, 0.717) is 24.5 Å². The van der Waals surface area contributed by atoms with Gasteiger partial charge in [-0.2, -0.15) is 5.26 Å². The third-order valence-electron chi connectivity index (χ3n) is 7.60. The number of nitrogens with one attached hydrogen (secondary N) is 1. The Morgan fingerprint density at radius 1 is 1.17 bits per heavy atom. The van der Waals surface area contributed by atoms with Gasteiger partial charge in [-0.15, -0.1) is 0 Å². The molecule has 186 valence electrons. The Morgan fingerprint density at radius 2 is 1.97 bits per heavy atom. The lowest BCUT2D eigenvalue weighted by Crippen LogP contribution is -2.48. The molecule has 1 unspecified atom stereocenters. The standard InChI is InChI=1S/C27H35N5O3/c1-19-20(2)32(17-23-4-3-12-34-23)27(24(19)15-28)29-26(33)18-31-10-8-30(9-11-31)16-21-5-6-25-22(14-21)7-13-35-25/h5-6,14,23H,3-4,7-13,16-18H2,1-2H3,(H,29,33). The van der Waals surface area contributed by atoms with Crippen LogP contribution >= 0.6 is 0 Å². The molecule has 5 rings (SSSR count). The van der Waals surface area contributed by atoms with Gasteiger partial charge in [0.2, 0.25) is 5.91 Å². The Labute approximate surface area is 207 Å². The van der Waals surface area contributed by atoms with Crippen molar-refractivity contribution in [1.82, 2.24) is 14.4 Å². The van der Waals surface area contributed by atoms with Gasteiger partial charge in [-0.05, 0) is 49.4 Å². The molecule has 2 fully saturated rings. The number of nitrogens with zero attached hydrogens (tertiary/aromatic N) is 4. The minimum Gasteiger partial charge on any atom is -0.493 e. The average Bonchev–Trinajstić information content (AvgIpc) is 3.58. The molecular formula is C27H35N5O3. The number of carbonyl (C=O) groups is 1. The highest BCUT2D eigenvalue weighted by atomic mass is 16.5. The van der Waals surface area contributed by atoms with Crippen LogP contribution in [0.15, 0.2) is 18.2 Å². The third-order valence-corrected chi connectivity index (χ3v) is 7.60. The number of ether oxygens (including phenoxy) is 2. The summed E-state index contributed by atoms with van der Waals surface area (Å²) >= 11 is 0. The maximum absolute atomic E-state index is 13.0. The summed E-state index contributed by atoms with van der Waals surface area (Å²) in [6.07, 6.45) is 3.20. The molecule has 1 N–H and O–H groups in total. The topological polar surface area (TPSA) is 82.8 Å². The highest BCUT2D eigenvalue weighted by molar-refractivity contribution is 5.93. The summed E-state index contributed by atoms with van der Waals surface area (Å²) in [6, 6.07) is 8.82. The minimum atomic E-state index is -0.0698. The second-order valence-corrected chi connectivity index (χ2v) is 9.93. The smallest absolute Gasteiger partial charge is 0.239 e. The van der Waals surface area contributed by atoms with Crippen LogP contribution in [0.3, 0.4) is 0 Å². The largest absolute Gasteiger partial charge is 0.493 e. The van der Waals surface area contributed by atoms with Gasteiger partial charge < -0.3 is 19.4 Å². The number of hydrogen-bond acceptors (Lipinski definition) is 6. The van der Waals surface area contributed by atoms with Gasteiger partial charge in [0.1, 0.15) is 17.6 Å². The van der Waals surface area contributed by atoms with Gasteiger partial charge in [-0.1, -0.05) is 12.1 Å². The van der Waals surface area contributed by atoms with Crippen LogP contribution in [0, 0.1) is 25.2 Å². The van der Waals surface area contributed by atoms with Crippen LogP contribution in [-0.2, 0) is 29.0 Å². The van der Waals surface area contributed by atoms with Crippen LogP contribution < -0.4 is 10.1 Å². The Balaban J connectivity index is 1.16. The highest BCUT2D eigenvalue weighted by Gasteiger charge is 2.25. The zero-order valence-corrected chi connectivity index (χ0v) is 20.8. The number of carbonyl (C=O) groups excluding carboxylic acids is 1. The van der Waals surface area contributed by atoms with Crippen molar-refractivity contribution in [2.75, 3.05) is 51.3 Å². The number of hydrogen-bond donors (Lipinski definition) is 1. The van der Waals surface area contributed by atoms with Crippen LogP contribution in [0.4, 0.5) is 5.82 Å². The number of anilines is 1. The zero-order chi connectivity index (χ0) is 24.4. The van der Waals surface area contributed by atoms with Gasteiger partial charge in [-0.25, -0.2) is 0 Å². The van der Waals surface area contributed by atoms with E-state index < -0.39 is 0 Å². The number of rotatable bonds is 7. The van der Waals surface area contributed by atoms with E-state index in [1.165, 1.54) is 11.1 Å². The summed E-state index contributed by atoms with van der Waals surface area (Å²) in [4.78, 5) is 17.6. The molecule has 8 nitrogen and oxygen atoms in total. The molecule has 0 saturated carbocycles. The SMILES string of the molecule is Cc1c(C#N)c(NC(=O)CN2CCN(Cc3ccc4c(c3)CCO4)CC2)n(CC2CCCO2)c1C. The lowest BCUT2D eigenvalue weighted by molar-refractivity contribution is -0.117. The number of aromatic nitrogens is 1. The molecule has 2 aromatic rings. The fourth-order valence-electron chi connectivity index (χ4n) is 5.43. The molecule has 35 heavy (non-hydrogen) atoms. The fraction of sp³-hybridized carbons (Fsp3) is 0.556. The van der Waals surface area contributed by atoms with Crippen molar-refractivity contribution < 1.29 is 14.3 Å². The number of nitriles is 1. The van der Waals surface area contributed by atoms with Crippen molar-refractivity contribution in [2.45, 2.75) is 52.3 Å². The van der Waals surface area contributed by atoms with Crippen LogP contribution in [0.5, 0.6) is 5.75 Å². The number of fused-ring (bicyclic) bond motifs is 1. The first-order valence-corrected chi connectivity index (χ1v) is 12.7. The second-order valence-electron chi connectivity index (χ2n) is 9.93. The van der Waals surface area contributed by atoms with Gasteiger partial charge in [-0.3, -0.25) is 14.6 Å². The predicted octanol–water partition coefficient (Wildman–Crippen LogP) is 2.85. The van der Waals surface area contributed by atoms with Gasteiger partial charge in [0.25, 0.3) is 0 Å². The van der Waals surface area contributed by atoms with Crippen molar-refractivity contribution in [2.24, 2.45) is 0 Å². The van der Waals surface area contributed by atoms with Crippen LogP contribution in [0.2, 0.25) is 0 Å². The first-order chi connectivity index (χ1) is 17.0. The van der Waals surface area contributed by atoms with E-state index in [-0.39, 0.29) is 12.0 Å². The third kappa shape index (κ3) is 5.22. The fourth-order valence-corrected chi connectivity index (χ4v) is 5.43. The zero-order valence-electron chi connectivity index (χ0n) is 20.8. The summed E-state index contributed by atoms with van der Waals surface area (Å²) in [6.45, 7) is 11.0. The molecule has 1 aromatic carbocycles. The average molecular weight is 478 g/mol. The van der Waals surface area contributed by atoms with Crippen LogP contribution in [0.1, 0.15) is 40.8 Å². The lowest BCUT2D eigenvalue weighted by Gasteiger charge is -2.34. The number of piperazine rings is 1. The van der Waals surface area contributed by atoms with E-state index in [2.05, 4.69) is 44.0 Å². The molecule has 0 radical (unpaired) electrons. The summed E-state index contributed by atoms with van der Waals surface area (Å²) in [5.74, 6) is 1.57. The molecule has 2 saturated heterocycles. The van der Waals surface area contributed by atoms with E-state index >= 15 is 0 Å². The van der Waals surface area contributed by atoms with Crippen molar-refractivity contribution in [1.29, 1.82) is 5.26 Å². The molecule has 0 spiro atoms. The van der Waals surface area contributed by atoms with Crippen molar-refractivity contribution in [3.8, 4) is 11.8 Å². The number of amides is 1. The Morgan fingerprint density at radius 3 is 2.71 bits per heavy atom. The molecule has 0 aliphatic carbocycles. The molecule has 1 aromatic heterocycles. The number of benzene rings is 1. The monoisotopic (exact) mass is 477 g/mol. The van der Waals surface area contributed by atoms with Gasteiger partial charge in [0.15, 0.2) is 0 Å². The van der Waals surface area contributed by atoms with Gasteiger partial charge in [0.05, 0.1) is 31.4 Å². The lowest BCUT2D eigenvalue weighted by atomic mass is 10.1. The predicted molar refractivity (Wildman–Crippen MR) is 134 cm³/mol. The molecular weight excluding hydrogens is 442 g/mol. The second kappa shape index (κ2) is 10.4. The molecule has 8 heteroatoms. The summed E-state index contributed by atoms with van der Waals surface area (Å²) in [7, 11) is 0. The highest BCUT2D eigenvalue weighted by Crippen LogP contribution is 2.29. The van der Waals surface area contributed by atoms with E-state index in [1.54, 1.807) is 0 Å². The molecule has 4 heterocycles. The Kier molecular flexibility index (Phi) is 7.09. The van der Waals surface area contributed by atoms with Gasteiger partial charge in [0, 0.05) is 51.4 Å². The summed E-state index contributed by atoms with van der Waals surface area (Å²) in [5.41, 5.74) is 5.12. The molecule has 1 amide bonds. The van der Waals surface area contributed by atoms with Gasteiger partial charge >= 0.3 is 0 Å². The maximum Gasteiger partial charge on any atom is 0.239 e. The first-order valence-electron chi connectivity index (χ1n) is 12.7.